The van der Waals surface area contributed by atoms with Gasteiger partial charge in [-0.25, -0.2) is 0 Å². The normalized spacial score (nSPS) is 12.6. The molecule has 0 rings (SSSR count). The number of nitrogens with one attached hydrogen (secondary N) is 1. The molecule has 6 nitrogen and oxygen atoms in total. The van der Waals surface area contributed by atoms with Crippen LogP contribution in [0.15, 0.2) is 12.2 Å². The molecule has 0 aromatic carbocycles. The Hall–Kier alpha value is -1.40. The van der Waals surface area contributed by atoms with Crippen molar-refractivity contribution in [2.24, 2.45) is 0 Å². The van der Waals surface area contributed by atoms with E-state index in [4.69, 9.17) is 4.74 Å². The van der Waals surface area contributed by atoms with E-state index in [0.717, 1.165) is 38.5 Å². The second kappa shape index (κ2) is 54.2. The minimum Gasteiger partial charge on any atom is -0.466 e. The maximum absolute atomic E-state index is 12.5. The van der Waals surface area contributed by atoms with E-state index >= 15 is 0 Å². The molecule has 0 aromatic heterocycles. The molecule has 1 amide bonds. The number of aliphatic hydroxyl groups is 2. The van der Waals surface area contributed by atoms with Gasteiger partial charge in [0.2, 0.25) is 5.91 Å². The largest absolute Gasteiger partial charge is 0.466 e. The van der Waals surface area contributed by atoms with E-state index in [1.807, 2.05) is 6.08 Å². The van der Waals surface area contributed by atoms with Crippen molar-refractivity contribution in [3.8, 4) is 0 Å². The Morgan fingerprint density at radius 3 is 1.06 bits per heavy atom. The molecule has 3 N–H and O–H groups in total. The van der Waals surface area contributed by atoms with Gasteiger partial charge in [0.1, 0.15) is 0 Å². The molecule has 0 saturated carbocycles. The van der Waals surface area contributed by atoms with Gasteiger partial charge in [0.15, 0.2) is 0 Å². The van der Waals surface area contributed by atoms with Gasteiger partial charge in [0.05, 0.1) is 25.4 Å². The topological polar surface area (TPSA) is 95.9 Å². The van der Waals surface area contributed by atoms with Crippen molar-refractivity contribution in [1.82, 2.24) is 5.32 Å². The molecular formula is C58H113NO5. The maximum Gasteiger partial charge on any atom is 0.305 e. The molecule has 0 aromatic rings. The Labute approximate surface area is 399 Å². The lowest BCUT2D eigenvalue weighted by atomic mass is 10.0. The van der Waals surface area contributed by atoms with Crippen molar-refractivity contribution >= 4 is 11.9 Å². The molecule has 6 heteroatoms. The Morgan fingerprint density at radius 2 is 0.719 bits per heavy atom. The molecule has 0 aliphatic rings. The minimum absolute atomic E-state index is 0.0100. The summed E-state index contributed by atoms with van der Waals surface area (Å²) in [5, 5.41) is 23.1. The van der Waals surface area contributed by atoms with Gasteiger partial charge >= 0.3 is 5.97 Å². The lowest BCUT2D eigenvalue weighted by Crippen LogP contribution is -2.45. The molecule has 2 unspecified atom stereocenters. The zero-order chi connectivity index (χ0) is 46.5. The predicted molar refractivity (Wildman–Crippen MR) is 278 cm³/mol. The number of allylic oxidation sites excluding steroid dienone is 1. The van der Waals surface area contributed by atoms with Crippen LogP contribution < -0.4 is 5.32 Å². The monoisotopic (exact) mass is 904 g/mol. The van der Waals surface area contributed by atoms with Gasteiger partial charge in [0, 0.05) is 12.8 Å². The third kappa shape index (κ3) is 50.0. The third-order valence-electron chi connectivity index (χ3n) is 13.6. The molecule has 0 heterocycles. The molecule has 380 valence electrons. The van der Waals surface area contributed by atoms with Crippen LogP contribution in [0.25, 0.3) is 0 Å². The molecule has 64 heavy (non-hydrogen) atoms. The molecule has 0 aliphatic carbocycles. The van der Waals surface area contributed by atoms with E-state index < -0.39 is 12.1 Å². The lowest BCUT2D eigenvalue weighted by Gasteiger charge is -2.20. The SMILES string of the molecule is CCCCCCCCCCCCCCCC/C=C/C(O)C(CO)NC(=O)CCCCCCCCCCCCCCCCCCCCCCOC(=O)CCCCCCCCCCCCC. The van der Waals surface area contributed by atoms with Gasteiger partial charge in [-0.05, 0) is 32.1 Å². The number of hydrogen-bond acceptors (Lipinski definition) is 5. The van der Waals surface area contributed by atoms with Crippen molar-refractivity contribution in [3.63, 3.8) is 0 Å². The fourth-order valence-corrected chi connectivity index (χ4v) is 9.11. The van der Waals surface area contributed by atoms with Crippen molar-refractivity contribution < 1.29 is 24.5 Å². The van der Waals surface area contributed by atoms with Gasteiger partial charge in [-0.1, -0.05) is 289 Å². The summed E-state index contributed by atoms with van der Waals surface area (Å²) >= 11 is 0. The summed E-state index contributed by atoms with van der Waals surface area (Å²) in [5.41, 5.74) is 0. The van der Waals surface area contributed by atoms with Crippen LogP contribution in [0.2, 0.25) is 0 Å². The summed E-state index contributed by atoms with van der Waals surface area (Å²) < 4.78 is 5.46. The van der Waals surface area contributed by atoms with Crippen LogP contribution in [-0.2, 0) is 14.3 Å². The van der Waals surface area contributed by atoms with E-state index in [9.17, 15) is 19.8 Å². The highest BCUT2D eigenvalue weighted by atomic mass is 16.5. The number of unbranched alkanes of at least 4 members (excludes halogenated alkanes) is 43. The van der Waals surface area contributed by atoms with Crippen LogP contribution in [0.5, 0.6) is 0 Å². The minimum atomic E-state index is -0.844. The summed E-state index contributed by atoms with van der Waals surface area (Å²) in [7, 11) is 0. The first-order valence-electron chi connectivity index (χ1n) is 29.0. The molecule has 0 bridgehead atoms. The zero-order valence-corrected chi connectivity index (χ0v) is 43.3. The summed E-state index contributed by atoms with van der Waals surface area (Å²) in [6.45, 7) is 4.91. The fourth-order valence-electron chi connectivity index (χ4n) is 9.11. The van der Waals surface area contributed by atoms with E-state index in [1.54, 1.807) is 6.08 Å². The smallest absolute Gasteiger partial charge is 0.305 e. The first kappa shape index (κ1) is 62.6. The van der Waals surface area contributed by atoms with Gasteiger partial charge in [-0.2, -0.15) is 0 Å². The first-order valence-corrected chi connectivity index (χ1v) is 29.0. The van der Waals surface area contributed by atoms with Crippen molar-refractivity contribution in [1.29, 1.82) is 0 Å². The summed E-state index contributed by atoms with van der Waals surface area (Å²) in [6.07, 6.45) is 63.7. The highest BCUT2D eigenvalue weighted by Gasteiger charge is 2.18. The number of aliphatic hydroxyl groups excluding tert-OH is 2. The summed E-state index contributed by atoms with van der Waals surface area (Å²) in [5.74, 6) is -0.0576. The molecule has 0 spiro atoms. The van der Waals surface area contributed by atoms with E-state index in [2.05, 4.69) is 19.2 Å². The molecule has 0 aliphatic heterocycles. The van der Waals surface area contributed by atoms with E-state index in [1.165, 1.54) is 257 Å². The van der Waals surface area contributed by atoms with Crippen molar-refractivity contribution in [2.75, 3.05) is 13.2 Å². The number of carbonyl (C=O) groups is 2. The van der Waals surface area contributed by atoms with Crippen LogP contribution in [0.1, 0.15) is 322 Å². The number of esters is 1. The van der Waals surface area contributed by atoms with Gasteiger partial charge in [-0.3, -0.25) is 9.59 Å². The number of amides is 1. The number of carbonyl (C=O) groups excluding carboxylic acids is 2. The third-order valence-corrected chi connectivity index (χ3v) is 13.6. The Bertz CT molecular complexity index is 955. The summed E-state index contributed by atoms with van der Waals surface area (Å²) in [6, 6.07) is -0.628. The zero-order valence-electron chi connectivity index (χ0n) is 43.3. The number of hydrogen-bond donors (Lipinski definition) is 3. The standard InChI is InChI=1S/C58H113NO5/c1-3-5-7-9-11-13-15-16-17-24-27-31-34-38-42-46-50-56(61)55(54-60)59-57(62)51-47-43-39-35-32-28-25-22-20-18-19-21-23-26-29-33-37-41-45-49-53-64-58(63)52-48-44-40-36-30-14-12-10-8-6-4-2/h46,50,55-56,60-61H,3-45,47-49,51-54H2,1-2H3,(H,59,62)/b50-46+. The second-order valence-corrected chi connectivity index (χ2v) is 20.0. The van der Waals surface area contributed by atoms with Crippen LogP contribution in [0.3, 0.4) is 0 Å². The highest BCUT2D eigenvalue weighted by molar-refractivity contribution is 5.76. The van der Waals surface area contributed by atoms with Crippen LogP contribution >= 0.6 is 0 Å². The molecular weight excluding hydrogens is 791 g/mol. The first-order chi connectivity index (χ1) is 31.5. The fraction of sp³-hybridized carbons (Fsp3) is 0.931. The molecule has 0 radical (unpaired) electrons. The van der Waals surface area contributed by atoms with Gasteiger partial charge < -0.3 is 20.3 Å². The maximum atomic E-state index is 12.5. The molecule has 2 atom stereocenters. The Morgan fingerprint density at radius 1 is 0.422 bits per heavy atom. The van der Waals surface area contributed by atoms with Gasteiger partial charge in [-0.15, -0.1) is 0 Å². The number of rotatable bonds is 54. The average molecular weight is 905 g/mol. The second-order valence-electron chi connectivity index (χ2n) is 20.0. The van der Waals surface area contributed by atoms with Gasteiger partial charge in [0.25, 0.3) is 0 Å². The average Bonchev–Trinajstić information content (AvgIpc) is 3.29. The predicted octanol–water partition coefficient (Wildman–Crippen LogP) is 17.7. The van der Waals surface area contributed by atoms with Crippen LogP contribution in [0, 0.1) is 0 Å². The molecule has 0 saturated heterocycles. The van der Waals surface area contributed by atoms with E-state index in [0.29, 0.717) is 19.4 Å². The summed E-state index contributed by atoms with van der Waals surface area (Å²) in [4.78, 5) is 24.4. The molecule has 0 fully saturated rings. The Balaban J connectivity index is 3.42. The van der Waals surface area contributed by atoms with E-state index in [-0.39, 0.29) is 18.5 Å². The van der Waals surface area contributed by atoms with Crippen LogP contribution in [-0.4, -0.2) is 47.4 Å². The highest BCUT2D eigenvalue weighted by Crippen LogP contribution is 2.17. The van der Waals surface area contributed by atoms with Crippen LogP contribution in [0.4, 0.5) is 0 Å². The lowest BCUT2D eigenvalue weighted by molar-refractivity contribution is -0.143. The van der Waals surface area contributed by atoms with Crippen molar-refractivity contribution in [3.05, 3.63) is 12.2 Å². The van der Waals surface area contributed by atoms with Crippen molar-refractivity contribution in [2.45, 2.75) is 334 Å². The number of ether oxygens (including phenoxy) is 1. The Kier molecular flexibility index (Phi) is 53.0. The quantitative estimate of drug-likeness (QED) is 0.0321.